The predicted molar refractivity (Wildman–Crippen MR) is 70.4 cm³/mol. The number of nitrogens with zero attached hydrogens (tertiary/aromatic N) is 3. The highest BCUT2D eigenvalue weighted by molar-refractivity contribution is 8.02. The highest BCUT2D eigenvalue weighted by Gasteiger charge is 2.44. The van der Waals surface area contributed by atoms with E-state index in [9.17, 15) is 0 Å². The van der Waals surface area contributed by atoms with Gasteiger partial charge in [0.2, 0.25) is 0 Å². The molecule has 3 rings (SSSR count). The van der Waals surface area contributed by atoms with E-state index in [2.05, 4.69) is 35.7 Å². The second-order valence-electron chi connectivity index (χ2n) is 5.47. The maximum Gasteiger partial charge on any atom is 0.109 e. The number of fused-ring (bicyclic) bond motifs is 1. The van der Waals surface area contributed by atoms with E-state index in [0.717, 1.165) is 0 Å². The van der Waals surface area contributed by atoms with E-state index in [4.69, 9.17) is 4.99 Å². The Labute approximate surface area is 102 Å². The molecule has 0 aromatic carbocycles. The molecular weight excluding hydrogens is 218 g/mol. The molecule has 3 aliphatic heterocycles. The summed E-state index contributed by atoms with van der Waals surface area (Å²) in [5.74, 6) is 0. The maximum atomic E-state index is 5.10. The lowest BCUT2D eigenvalue weighted by molar-refractivity contribution is 0.244. The Morgan fingerprint density at radius 2 is 1.94 bits per heavy atom. The first-order valence-electron chi connectivity index (χ1n) is 6.30. The molecule has 0 aliphatic carbocycles. The summed E-state index contributed by atoms with van der Waals surface area (Å²) in [5, 5.41) is 0.696. The Hall–Kier alpha value is -0.0600. The van der Waals surface area contributed by atoms with Gasteiger partial charge < -0.3 is 9.80 Å². The van der Waals surface area contributed by atoms with Gasteiger partial charge >= 0.3 is 0 Å². The summed E-state index contributed by atoms with van der Waals surface area (Å²) >= 11 is 2.15. The van der Waals surface area contributed by atoms with Crippen LogP contribution in [0.4, 0.5) is 0 Å². The number of rotatable bonds is 0. The van der Waals surface area contributed by atoms with Crippen LogP contribution in [0.3, 0.4) is 0 Å². The Morgan fingerprint density at radius 3 is 2.69 bits per heavy atom. The molecule has 0 aromatic rings. The first-order valence-corrected chi connectivity index (χ1v) is 7.18. The van der Waals surface area contributed by atoms with Gasteiger partial charge in [-0.2, -0.15) is 0 Å². The second kappa shape index (κ2) is 4.00. The Morgan fingerprint density at radius 1 is 1.19 bits per heavy atom. The number of thioether (sulfide) groups is 1. The van der Waals surface area contributed by atoms with Gasteiger partial charge in [-0.15, -0.1) is 11.8 Å². The van der Waals surface area contributed by atoms with E-state index in [0.29, 0.717) is 5.25 Å². The molecule has 0 unspecified atom stereocenters. The zero-order chi connectivity index (χ0) is 11.2. The van der Waals surface area contributed by atoms with Gasteiger partial charge in [0.1, 0.15) is 4.87 Å². The van der Waals surface area contributed by atoms with Crippen molar-refractivity contribution < 1.29 is 0 Å². The van der Waals surface area contributed by atoms with Crippen molar-refractivity contribution in [3.05, 3.63) is 0 Å². The summed E-state index contributed by atoms with van der Waals surface area (Å²) in [6.45, 7) is 4.84. The van der Waals surface area contributed by atoms with Crippen molar-refractivity contribution in [3.63, 3.8) is 0 Å². The van der Waals surface area contributed by atoms with Gasteiger partial charge in [-0.1, -0.05) is 0 Å². The number of aliphatic imine (C=N–C) groups is 1. The van der Waals surface area contributed by atoms with E-state index in [1.165, 1.54) is 51.2 Å². The minimum atomic E-state index is 0.262. The molecule has 1 atom stereocenters. The van der Waals surface area contributed by atoms with Crippen molar-refractivity contribution in [1.29, 1.82) is 0 Å². The van der Waals surface area contributed by atoms with Crippen molar-refractivity contribution in [1.82, 2.24) is 9.80 Å². The number of hydrogen-bond donors (Lipinski definition) is 0. The average Bonchev–Trinajstić information content (AvgIpc) is 2.60. The van der Waals surface area contributed by atoms with E-state index < -0.39 is 0 Å². The van der Waals surface area contributed by atoms with Crippen LogP contribution in [0, 0.1) is 0 Å². The zero-order valence-electron chi connectivity index (χ0n) is 10.3. The molecule has 3 aliphatic rings. The van der Waals surface area contributed by atoms with Gasteiger partial charge in [-0.25, -0.2) is 0 Å². The molecule has 0 amide bonds. The third-order valence-corrected chi connectivity index (χ3v) is 5.72. The number of piperidine rings is 2. The van der Waals surface area contributed by atoms with E-state index in [1.54, 1.807) is 0 Å². The van der Waals surface area contributed by atoms with Crippen LogP contribution in [0.15, 0.2) is 4.99 Å². The summed E-state index contributed by atoms with van der Waals surface area (Å²) in [6, 6.07) is 0. The molecular formula is C12H21N3S. The number of likely N-dealkylation sites (tertiary alicyclic amines) is 2. The van der Waals surface area contributed by atoms with Gasteiger partial charge in [0.05, 0.1) is 5.25 Å². The molecule has 4 heteroatoms. The van der Waals surface area contributed by atoms with Crippen molar-refractivity contribution >= 4 is 17.5 Å². The molecule has 90 valence electrons. The molecule has 16 heavy (non-hydrogen) atoms. The van der Waals surface area contributed by atoms with Gasteiger partial charge in [0.25, 0.3) is 0 Å². The quantitative estimate of drug-likeness (QED) is 0.635. The smallest absolute Gasteiger partial charge is 0.109 e. The third-order valence-electron chi connectivity index (χ3n) is 4.08. The summed E-state index contributed by atoms with van der Waals surface area (Å²) in [7, 11) is 4.46. The molecule has 2 fully saturated rings. The minimum absolute atomic E-state index is 0.262. The van der Waals surface area contributed by atoms with Crippen molar-refractivity contribution in [2.24, 2.45) is 4.99 Å². The van der Waals surface area contributed by atoms with E-state index in [-0.39, 0.29) is 4.87 Å². The van der Waals surface area contributed by atoms with Crippen LogP contribution in [0.5, 0.6) is 0 Å². The Balaban J connectivity index is 1.74. The SMILES string of the molecule is CN1CCC2(CC1)N=C1CCN(C)C[C@H]1S2. The molecule has 1 spiro atoms. The molecule has 0 saturated carbocycles. The highest BCUT2D eigenvalue weighted by Crippen LogP contribution is 2.46. The van der Waals surface area contributed by atoms with Gasteiger partial charge in [-0.3, -0.25) is 4.99 Å². The van der Waals surface area contributed by atoms with Crippen molar-refractivity contribution in [2.45, 2.75) is 29.4 Å². The number of hydrogen-bond acceptors (Lipinski definition) is 4. The first kappa shape index (κ1) is 11.1. The van der Waals surface area contributed by atoms with Crippen molar-refractivity contribution in [2.75, 3.05) is 40.3 Å². The van der Waals surface area contributed by atoms with Crippen molar-refractivity contribution in [3.8, 4) is 0 Å². The minimum Gasteiger partial charge on any atom is -0.306 e. The molecule has 0 aromatic heterocycles. The lowest BCUT2D eigenvalue weighted by Crippen LogP contribution is -2.40. The monoisotopic (exact) mass is 239 g/mol. The summed E-state index contributed by atoms with van der Waals surface area (Å²) in [5.41, 5.74) is 1.51. The zero-order valence-corrected chi connectivity index (χ0v) is 11.1. The fourth-order valence-electron chi connectivity index (χ4n) is 2.93. The van der Waals surface area contributed by atoms with Crippen LogP contribution in [-0.2, 0) is 0 Å². The molecule has 0 N–H and O–H groups in total. The largest absolute Gasteiger partial charge is 0.306 e. The van der Waals surface area contributed by atoms with Crippen LogP contribution >= 0.6 is 11.8 Å². The molecule has 2 saturated heterocycles. The Kier molecular flexibility index (Phi) is 2.76. The second-order valence-corrected chi connectivity index (χ2v) is 7.04. The fraction of sp³-hybridized carbons (Fsp3) is 0.917. The molecule has 3 nitrogen and oxygen atoms in total. The Bertz CT molecular complexity index is 307. The third kappa shape index (κ3) is 1.91. The van der Waals surface area contributed by atoms with E-state index >= 15 is 0 Å². The van der Waals surface area contributed by atoms with Crippen LogP contribution in [-0.4, -0.2) is 65.9 Å². The lowest BCUT2D eigenvalue weighted by atomic mass is 10.0. The first-order chi connectivity index (χ1) is 7.67. The topological polar surface area (TPSA) is 18.8 Å². The lowest BCUT2D eigenvalue weighted by Gasteiger charge is -2.35. The standard InChI is InChI=1S/C12H21N3S/c1-14-7-4-12(5-8-14)13-10-3-6-15(2)9-11(10)16-12/h11H,3-9H2,1-2H3/t11-/m1/s1. The van der Waals surface area contributed by atoms with Crippen LogP contribution in [0.2, 0.25) is 0 Å². The normalized spacial score (nSPS) is 35.1. The molecule has 0 bridgehead atoms. The predicted octanol–water partition coefficient (Wildman–Crippen LogP) is 1.30. The van der Waals surface area contributed by atoms with Crippen LogP contribution in [0.1, 0.15) is 19.3 Å². The van der Waals surface area contributed by atoms with Gasteiger partial charge in [0.15, 0.2) is 0 Å². The molecule has 0 radical (unpaired) electrons. The molecule has 3 heterocycles. The van der Waals surface area contributed by atoms with Crippen LogP contribution < -0.4 is 0 Å². The van der Waals surface area contributed by atoms with Crippen LogP contribution in [0.25, 0.3) is 0 Å². The summed E-state index contributed by atoms with van der Waals surface area (Å²) in [4.78, 5) is 10.2. The highest BCUT2D eigenvalue weighted by atomic mass is 32.2. The van der Waals surface area contributed by atoms with Gasteiger partial charge in [-0.05, 0) is 33.4 Å². The average molecular weight is 239 g/mol. The fourth-order valence-corrected chi connectivity index (χ4v) is 4.68. The summed E-state index contributed by atoms with van der Waals surface area (Å²) < 4.78 is 0. The summed E-state index contributed by atoms with van der Waals surface area (Å²) in [6.07, 6.45) is 3.70. The van der Waals surface area contributed by atoms with Gasteiger partial charge in [0, 0.05) is 31.9 Å². The maximum absolute atomic E-state index is 5.10. The van der Waals surface area contributed by atoms with E-state index in [1.807, 2.05) is 0 Å².